The summed E-state index contributed by atoms with van der Waals surface area (Å²) in [5, 5.41) is 3.38. The Morgan fingerprint density at radius 3 is 2.52 bits per heavy atom. The number of hydrogen-bond donors (Lipinski definition) is 1. The molecule has 0 bridgehead atoms. The molecule has 2 aliphatic rings. The average Bonchev–Trinajstić information content (AvgIpc) is 2.80. The molecule has 4 rings (SSSR count). The van der Waals surface area contributed by atoms with E-state index in [1.807, 2.05) is 35.2 Å². The van der Waals surface area contributed by atoms with Crippen LogP contribution in [0.15, 0.2) is 42.7 Å². The maximum absolute atomic E-state index is 12.8. The van der Waals surface area contributed by atoms with E-state index in [0.29, 0.717) is 18.8 Å². The fourth-order valence-corrected chi connectivity index (χ4v) is 3.65. The molecule has 8 nitrogen and oxygen atoms in total. The van der Waals surface area contributed by atoms with Crippen molar-refractivity contribution in [2.45, 2.75) is 0 Å². The molecule has 1 amide bonds. The molecule has 0 unspecified atom stereocenters. The zero-order valence-electron chi connectivity index (χ0n) is 16.7. The molecule has 0 spiro atoms. The Bertz CT molecular complexity index is 772. The van der Waals surface area contributed by atoms with Crippen molar-refractivity contribution in [2.75, 3.05) is 75.8 Å². The normalized spacial score (nSPS) is 17.9. The molecule has 1 N–H and O–H groups in total. The van der Waals surface area contributed by atoms with Crippen LogP contribution in [0, 0.1) is 0 Å². The second-order valence-electron chi connectivity index (χ2n) is 7.28. The van der Waals surface area contributed by atoms with Crippen LogP contribution < -0.4 is 10.2 Å². The maximum Gasteiger partial charge on any atom is 0.272 e. The highest BCUT2D eigenvalue weighted by Crippen LogP contribution is 2.15. The van der Waals surface area contributed by atoms with Gasteiger partial charge in [-0.2, -0.15) is 0 Å². The molecular formula is C21H28N6O2. The standard InChI is InChI=1S/C21H28N6O2/c28-21(27-11-9-26(10-12-27)20-3-1-2-6-23-20)19-5-4-18(17-24-19)22-7-8-25-13-15-29-16-14-25/h1-6,17,22H,7-16H2. The van der Waals surface area contributed by atoms with Gasteiger partial charge in [0.25, 0.3) is 5.91 Å². The summed E-state index contributed by atoms with van der Waals surface area (Å²) >= 11 is 0. The zero-order valence-corrected chi connectivity index (χ0v) is 16.7. The Balaban J connectivity index is 1.24. The fraction of sp³-hybridized carbons (Fsp3) is 0.476. The molecule has 0 atom stereocenters. The molecule has 2 aliphatic heterocycles. The van der Waals surface area contributed by atoms with Gasteiger partial charge in [-0.1, -0.05) is 6.07 Å². The number of amides is 1. The predicted octanol–water partition coefficient (Wildman–Crippen LogP) is 1.18. The van der Waals surface area contributed by atoms with Crippen LogP contribution in [0.3, 0.4) is 0 Å². The molecular weight excluding hydrogens is 368 g/mol. The number of carbonyl (C=O) groups is 1. The van der Waals surface area contributed by atoms with Crippen LogP contribution in [-0.4, -0.2) is 91.2 Å². The zero-order chi connectivity index (χ0) is 19.9. The smallest absolute Gasteiger partial charge is 0.272 e. The van der Waals surface area contributed by atoms with Gasteiger partial charge in [-0.3, -0.25) is 9.69 Å². The van der Waals surface area contributed by atoms with E-state index in [-0.39, 0.29) is 5.91 Å². The van der Waals surface area contributed by atoms with Crippen molar-refractivity contribution in [1.82, 2.24) is 19.8 Å². The van der Waals surface area contributed by atoms with E-state index in [9.17, 15) is 4.79 Å². The third-order valence-corrected chi connectivity index (χ3v) is 5.38. The summed E-state index contributed by atoms with van der Waals surface area (Å²) < 4.78 is 5.36. The summed E-state index contributed by atoms with van der Waals surface area (Å²) in [6, 6.07) is 9.65. The predicted molar refractivity (Wildman–Crippen MR) is 112 cm³/mol. The number of carbonyl (C=O) groups excluding carboxylic acids is 1. The van der Waals surface area contributed by atoms with Crippen LogP contribution >= 0.6 is 0 Å². The molecule has 8 heteroatoms. The van der Waals surface area contributed by atoms with Gasteiger partial charge in [0.15, 0.2) is 0 Å². The minimum Gasteiger partial charge on any atom is -0.383 e. The first-order valence-electron chi connectivity index (χ1n) is 10.2. The number of aromatic nitrogens is 2. The Hall–Kier alpha value is -2.71. The number of pyridine rings is 2. The summed E-state index contributed by atoms with van der Waals surface area (Å²) in [5.41, 5.74) is 1.43. The lowest BCUT2D eigenvalue weighted by molar-refractivity contribution is 0.0398. The van der Waals surface area contributed by atoms with Crippen molar-refractivity contribution in [2.24, 2.45) is 0 Å². The Labute approximate surface area is 171 Å². The monoisotopic (exact) mass is 396 g/mol. The van der Waals surface area contributed by atoms with Crippen LogP contribution in [0.1, 0.15) is 10.5 Å². The van der Waals surface area contributed by atoms with E-state index in [4.69, 9.17) is 4.74 Å². The van der Waals surface area contributed by atoms with Gasteiger partial charge in [0.2, 0.25) is 0 Å². The van der Waals surface area contributed by atoms with Gasteiger partial charge in [-0.15, -0.1) is 0 Å². The van der Waals surface area contributed by atoms with E-state index in [0.717, 1.165) is 64.0 Å². The fourth-order valence-electron chi connectivity index (χ4n) is 3.65. The SMILES string of the molecule is O=C(c1ccc(NCCN2CCOCC2)cn1)N1CCN(c2ccccn2)CC1. The number of morpholine rings is 1. The molecule has 0 saturated carbocycles. The van der Waals surface area contributed by atoms with E-state index in [1.165, 1.54) is 0 Å². The lowest BCUT2D eigenvalue weighted by atomic mass is 10.2. The first-order valence-corrected chi connectivity index (χ1v) is 10.2. The quantitative estimate of drug-likeness (QED) is 0.786. The number of nitrogens with zero attached hydrogens (tertiary/aromatic N) is 5. The topological polar surface area (TPSA) is 73.8 Å². The largest absolute Gasteiger partial charge is 0.383 e. The molecule has 29 heavy (non-hydrogen) atoms. The molecule has 2 aromatic rings. The first kappa shape index (κ1) is 19.6. The van der Waals surface area contributed by atoms with Crippen molar-refractivity contribution in [1.29, 1.82) is 0 Å². The van der Waals surface area contributed by atoms with E-state index in [2.05, 4.69) is 25.1 Å². The maximum atomic E-state index is 12.8. The van der Waals surface area contributed by atoms with Gasteiger partial charge in [0.05, 0.1) is 25.1 Å². The van der Waals surface area contributed by atoms with Gasteiger partial charge < -0.3 is 19.9 Å². The lowest BCUT2D eigenvalue weighted by Gasteiger charge is -2.35. The Morgan fingerprint density at radius 1 is 1.00 bits per heavy atom. The molecule has 0 radical (unpaired) electrons. The molecule has 2 fully saturated rings. The van der Waals surface area contributed by atoms with E-state index >= 15 is 0 Å². The van der Waals surface area contributed by atoms with Crippen molar-refractivity contribution < 1.29 is 9.53 Å². The number of rotatable bonds is 6. The highest BCUT2D eigenvalue weighted by Gasteiger charge is 2.23. The number of ether oxygens (including phenoxy) is 1. The van der Waals surface area contributed by atoms with Crippen molar-refractivity contribution in [3.8, 4) is 0 Å². The van der Waals surface area contributed by atoms with E-state index < -0.39 is 0 Å². The minimum absolute atomic E-state index is 0.00876. The van der Waals surface area contributed by atoms with Gasteiger partial charge in [0, 0.05) is 58.6 Å². The summed E-state index contributed by atoms with van der Waals surface area (Å²) in [5.74, 6) is 0.954. The Morgan fingerprint density at radius 2 is 1.83 bits per heavy atom. The summed E-state index contributed by atoms with van der Waals surface area (Å²) in [6.45, 7) is 8.35. The number of anilines is 2. The summed E-state index contributed by atoms with van der Waals surface area (Å²) in [4.78, 5) is 28.0. The summed E-state index contributed by atoms with van der Waals surface area (Å²) in [7, 11) is 0. The third-order valence-electron chi connectivity index (χ3n) is 5.38. The molecule has 0 aromatic carbocycles. The van der Waals surface area contributed by atoms with Crippen LogP contribution in [0.5, 0.6) is 0 Å². The highest BCUT2D eigenvalue weighted by molar-refractivity contribution is 5.92. The molecule has 154 valence electrons. The van der Waals surface area contributed by atoms with Crippen LogP contribution in [-0.2, 0) is 4.74 Å². The Kier molecular flexibility index (Phi) is 6.53. The molecule has 2 aromatic heterocycles. The highest BCUT2D eigenvalue weighted by atomic mass is 16.5. The number of nitrogens with one attached hydrogen (secondary N) is 1. The van der Waals surface area contributed by atoms with Crippen molar-refractivity contribution in [3.05, 3.63) is 48.4 Å². The van der Waals surface area contributed by atoms with Gasteiger partial charge >= 0.3 is 0 Å². The van der Waals surface area contributed by atoms with Crippen LogP contribution in [0.4, 0.5) is 11.5 Å². The second-order valence-corrected chi connectivity index (χ2v) is 7.28. The lowest BCUT2D eigenvalue weighted by Crippen LogP contribution is -2.49. The number of hydrogen-bond acceptors (Lipinski definition) is 7. The van der Waals surface area contributed by atoms with Crippen LogP contribution in [0.25, 0.3) is 0 Å². The number of piperazine rings is 1. The molecule has 2 saturated heterocycles. The van der Waals surface area contributed by atoms with E-state index in [1.54, 1.807) is 12.4 Å². The van der Waals surface area contributed by atoms with Gasteiger partial charge in [-0.25, -0.2) is 9.97 Å². The third kappa shape index (κ3) is 5.21. The molecule has 0 aliphatic carbocycles. The van der Waals surface area contributed by atoms with Gasteiger partial charge in [0.1, 0.15) is 11.5 Å². The van der Waals surface area contributed by atoms with Gasteiger partial charge in [-0.05, 0) is 24.3 Å². The first-order chi connectivity index (χ1) is 14.3. The van der Waals surface area contributed by atoms with Crippen molar-refractivity contribution in [3.63, 3.8) is 0 Å². The van der Waals surface area contributed by atoms with Crippen LogP contribution in [0.2, 0.25) is 0 Å². The minimum atomic E-state index is -0.00876. The second kappa shape index (κ2) is 9.67. The summed E-state index contributed by atoms with van der Waals surface area (Å²) in [6.07, 6.45) is 3.55. The van der Waals surface area contributed by atoms with Crippen molar-refractivity contribution >= 4 is 17.4 Å². The average molecular weight is 396 g/mol. The molecule has 4 heterocycles.